The maximum Gasteiger partial charge on any atom is 0.390 e. The number of hydrogen-bond donors (Lipinski definition) is 2. The molecule has 0 radical (unpaired) electrons. The van der Waals surface area contributed by atoms with Gasteiger partial charge in [-0.25, -0.2) is 15.0 Å². The topological polar surface area (TPSA) is 141 Å². The first-order chi connectivity index (χ1) is 18.0. The predicted molar refractivity (Wildman–Crippen MR) is 151 cm³/mol. The van der Waals surface area contributed by atoms with Gasteiger partial charge in [-0.1, -0.05) is 0 Å². The molecule has 4 aromatic rings. The van der Waals surface area contributed by atoms with Gasteiger partial charge in [-0.2, -0.15) is 0 Å². The average molecular weight is 646 g/mol. The summed E-state index contributed by atoms with van der Waals surface area (Å²) in [6, 6.07) is 7.44. The third kappa shape index (κ3) is 6.57. The molecule has 12 nitrogen and oxygen atoms in total. The van der Waals surface area contributed by atoms with Crippen molar-refractivity contribution in [1.82, 2.24) is 24.5 Å². The molecule has 0 fully saturated rings. The lowest BCUT2D eigenvalue weighted by molar-refractivity contribution is -0.898. The predicted octanol–water partition coefficient (Wildman–Crippen LogP) is 4.71. The van der Waals surface area contributed by atoms with Gasteiger partial charge in [-0.05, 0) is 72.1 Å². The van der Waals surface area contributed by atoms with Crippen molar-refractivity contribution in [3.05, 3.63) is 80.0 Å². The number of amides is 1. The van der Waals surface area contributed by atoms with E-state index in [9.17, 15) is 14.9 Å². The minimum absolute atomic E-state index is 0.159. The molecule has 0 atom stereocenters. The number of halogens is 2. The number of hydrogen-bond acceptors (Lipinski definition) is 8. The molecule has 0 saturated carbocycles. The summed E-state index contributed by atoms with van der Waals surface area (Å²) in [4.78, 5) is 40.1. The number of imidazole rings is 1. The van der Waals surface area contributed by atoms with Crippen LogP contribution in [0.1, 0.15) is 5.69 Å². The number of likely N-dealkylation sites (N-methyl/N-ethyl adjacent to an activating group) is 1. The molecule has 0 unspecified atom stereocenters. The first-order valence-corrected chi connectivity index (χ1v) is 12.9. The molecular weight excluding hydrogens is 622 g/mol. The number of carbonyl (C=O) groups is 1. The zero-order valence-corrected chi connectivity index (χ0v) is 23.9. The van der Waals surface area contributed by atoms with E-state index in [1.54, 1.807) is 30.0 Å². The summed E-state index contributed by atoms with van der Waals surface area (Å²) in [5, 5.41) is 18.0. The summed E-state index contributed by atoms with van der Waals surface area (Å²) in [6.45, 7) is 0.835. The van der Waals surface area contributed by atoms with Crippen molar-refractivity contribution in [3.8, 4) is 0 Å². The second-order valence-electron chi connectivity index (χ2n) is 9.11. The van der Waals surface area contributed by atoms with E-state index in [2.05, 4.69) is 62.4 Å². The van der Waals surface area contributed by atoms with E-state index in [-0.39, 0.29) is 11.7 Å². The van der Waals surface area contributed by atoms with Crippen molar-refractivity contribution in [2.45, 2.75) is 6.54 Å². The lowest BCUT2D eigenvalue weighted by Crippen LogP contribution is -2.39. The fraction of sp³-hybridized carbons (Fsp3) is 0.208. The van der Waals surface area contributed by atoms with Crippen LogP contribution >= 0.6 is 31.9 Å². The van der Waals surface area contributed by atoms with E-state index < -0.39 is 4.92 Å². The fourth-order valence-electron chi connectivity index (χ4n) is 3.70. The number of nitrogens with zero attached hydrogens (tertiary/aromatic N) is 7. The maximum absolute atomic E-state index is 12.6. The molecule has 1 aromatic carbocycles. The van der Waals surface area contributed by atoms with Gasteiger partial charge in [0.25, 0.3) is 0 Å². The highest BCUT2D eigenvalue weighted by Gasteiger charge is 2.26. The molecule has 3 heterocycles. The maximum atomic E-state index is 12.6. The van der Waals surface area contributed by atoms with Crippen LogP contribution in [0.15, 0.2) is 64.2 Å². The lowest BCUT2D eigenvalue weighted by atomic mass is 10.2. The Morgan fingerprint density at radius 1 is 1.16 bits per heavy atom. The van der Waals surface area contributed by atoms with Crippen LogP contribution < -0.4 is 10.6 Å². The Balaban J connectivity index is 1.44. The molecule has 0 aliphatic carbocycles. The lowest BCUT2D eigenvalue weighted by Gasteiger charge is -2.27. The molecule has 4 rings (SSSR count). The molecule has 0 aliphatic heterocycles. The highest BCUT2D eigenvalue weighted by Crippen LogP contribution is 2.29. The molecule has 0 spiro atoms. The highest BCUT2D eigenvalue weighted by atomic mass is 79.9. The van der Waals surface area contributed by atoms with Crippen LogP contribution in [-0.2, 0) is 18.4 Å². The fourth-order valence-corrected chi connectivity index (χ4v) is 4.32. The van der Waals surface area contributed by atoms with Crippen LogP contribution in [0.2, 0.25) is 0 Å². The monoisotopic (exact) mass is 644 g/mol. The Bertz CT molecular complexity index is 1550. The minimum Gasteiger partial charge on any atom is -0.358 e. The van der Waals surface area contributed by atoms with Gasteiger partial charge in [-0.3, -0.25) is 4.79 Å². The van der Waals surface area contributed by atoms with Crippen molar-refractivity contribution in [2.75, 3.05) is 31.3 Å². The summed E-state index contributed by atoms with van der Waals surface area (Å²) in [5.41, 5.74) is 1.96. The summed E-state index contributed by atoms with van der Waals surface area (Å²) in [7, 11) is 5.56. The van der Waals surface area contributed by atoms with Crippen molar-refractivity contribution in [2.24, 2.45) is 7.05 Å². The first kappa shape index (κ1) is 27.3. The molecule has 0 bridgehead atoms. The summed E-state index contributed by atoms with van der Waals surface area (Å²) in [5.74, 6) is 0.405. The molecular formula is C24H24Br2N9O3+. The standard InChI is InChI=1S/C24H23Br2N9O3/c1-33-14-30-24(34(37)38)20(33)12-35(2,3)8-4-5-22(36)32-21-10-16-19(11-27-21)28-13-29-23(16)31-15-6-7-17(25)18(26)9-15/h4-7,9-11,13-14H,8,12H2,1-3H3,(H-,27,28,29,31,32,36)/p+1. The zero-order valence-electron chi connectivity index (χ0n) is 20.7. The molecule has 14 heteroatoms. The van der Waals surface area contributed by atoms with Crippen molar-refractivity contribution in [3.63, 3.8) is 0 Å². The first-order valence-electron chi connectivity index (χ1n) is 11.3. The number of quaternary nitrogens is 1. The van der Waals surface area contributed by atoms with E-state index in [1.807, 2.05) is 32.3 Å². The quantitative estimate of drug-likeness (QED) is 0.115. The van der Waals surface area contributed by atoms with Crippen LogP contribution in [0.5, 0.6) is 0 Å². The van der Waals surface area contributed by atoms with E-state index in [0.717, 1.165) is 14.6 Å². The number of rotatable bonds is 9. The van der Waals surface area contributed by atoms with Crippen molar-refractivity contribution < 1.29 is 14.2 Å². The van der Waals surface area contributed by atoms with Gasteiger partial charge in [0.05, 0.1) is 32.4 Å². The minimum atomic E-state index is -0.487. The van der Waals surface area contributed by atoms with Gasteiger partial charge in [0.1, 0.15) is 24.5 Å². The Morgan fingerprint density at radius 2 is 1.95 bits per heavy atom. The molecule has 0 aliphatic rings. The smallest absolute Gasteiger partial charge is 0.358 e. The van der Waals surface area contributed by atoms with Crippen LogP contribution in [-0.4, -0.2) is 60.5 Å². The number of benzene rings is 1. The van der Waals surface area contributed by atoms with Gasteiger partial charge in [0.2, 0.25) is 12.2 Å². The molecule has 0 saturated heterocycles. The third-order valence-corrected chi connectivity index (χ3v) is 7.49. The number of nitrogens with one attached hydrogen (secondary N) is 2. The van der Waals surface area contributed by atoms with E-state index >= 15 is 0 Å². The SMILES string of the molecule is Cn1cnc([N+](=O)[O-])c1C[N+](C)(C)CC=CC(=O)Nc1cc2c(Nc3ccc(Br)c(Br)c3)ncnc2cn1. The molecule has 1 amide bonds. The average Bonchev–Trinajstić information content (AvgIpc) is 3.21. The Kier molecular flexibility index (Phi) is 8.14. The molecule has 196 valence electrons. The van der Waals surface area contributed by atoms with Gasteiger partial charge in [0, 0.05) is 33.1 Å². The van der Waals surface area contributed by atoms with Gasteiger partial charge < -0.3 is 29.8 Å². The third-order valence-electron chi connectivity index (χ3n) is 5.61. The van der Waals surface area contributed by atoms with Gasteiger partial charge in [0.15, 0.2) is 5.69 Å². The second-order valence-corrected chi connectivity index (χ2v) is 10.8. The molecule has 3 aromatic heterocycles. The van der Waals surface area contributed by atoms with Crippen LogP contribution in [0.25, 0.3) is 10.9 Å². The summed E-state index contributed by atoms with van der Waals surface area (Å²) in [6.07, 6.45) is 7.59. The van der Waals surface area contributed by atoms with Crippen LogP contribution in [0.4, 0.5) is 23.1 Å². The zero-order chi connectivity index (χ0) is 27.4. The number of aromatic nitrogens is 5. The number of fused-ring (bicyclic) bond motifs is 1. The van der Waals surface area contributed by atoms with E-state index in [4.69, 9.17) is 0 Å². The number of nitro groups is 1. The van der Waals surface area contributed by atoms with Crippen LogP contribution in [0.3, 0.4) is 0 Å². The normalized spacial score (nSPS) is 11.7. The highest BCUT2D eigenvalue weighted by molar-refractivity contribution is 9.13. The van der Waals surface area contributed by atoms with Gasteiger partial charge in [-0.15, -0.1) is 0 Å². The van der Waals surface area contributed by atoms with E-state index in [0.29, 0.717) is 45.8 Å². The Labute approximate surface area is 234 Å². The Hall–Kier alpha value is -3.75. The Morgan fingerprint density at radius 3 is 2.68 bits per heavy atom. The second kappa shape index (κ2) is 11.3. The van der Waals surface area contributed by atoms with Crippen LogP contribution in [0, 0.1) is 10.1 Å². The number of carbonyl (C=O) groups excluding carboxylic acids is 1. The number of aryl methyl sites for hydroxylation is 1. The number of anilines is 3. The molecule has 38 heavy (non-hydrogen) atoms. The van der Waals surface area contributed by atoms with Gasteiger partial charge >= 0.3 is 5.82 Å². The molecule has 2 N–H and O–H groups in total. The number of pyridine rings is 1. The largest absolute Gasteiger partial charge is 0.390 e. The summed E-state index contributed by atoms with van der Waals surface area (Å²) < 4.78 is 3.85. The summed E-state index contributed by atoms with van der Waals surface area (Å²) >= 11 is 6.95. The van der Waals surface area contributed by atoms with Crippen molar-refractivity contribution in [1.29, 1.82) is 0 Å². The van der Waals surface area contributed by atoms with E-state index in [1.165, 1.54) is 18.7 Å². The van der Waals surface area contributed by atoms with Crippen molar-refractivity contribution >= 4 is 71.8 Å².